The van der Waals surface area contributed by atoms with Crippen LogP contribution in [0.5, 0.6) is 0 Å². The van der Waals surface area contributed by atoms with Gasteiger partial charge in [-0.1, -0.05) is 20.8 Å². The van der Waals surface area contributed by atoms with Crippen LogP contribution in [0.4, 0.5) is 0 Å². The third-order valence-electron chi connectivity index (χ3n) is 2.98. The lowest BCUT2D eigenvalue weighted by molar-refractivity contribution is -0.142. The van der Waals surface area contributed by atoms with E-state index in [1.807, 2.05) is 6.92 Å². The molecule has 0 radical (unpaired) electrons. The fraction of sp³-hybridized carbons (Fsp3) is 0.909. The molecule has 1 atom stereocenters. The summed E-state index contributed by atoms with van der Waals surface area (Å²) in [5, 5.41) is 0.178. The maximum Gasteiger partial charge on any atom is 0.308 e. The first-order chi connectivity index (χ1) is 6.60. The van der Waals surface area contributed by atoms with Crippen molar-refractivity contribution in [3.05, 3.63) is 0 Å². The molecular formula is C11H24O3Si. The number of carbonyl (C=O) groups is 1. The summed E-state index contributed by atoms with van der Waals surface area (Å²) in [5.41, 5.74) is 0. The van der Waals surface area contributed by atoms with Crippen molar-refractivity contribution in [3.8, 4) is 0 Å². The first kappa shape index (κ1) is 14.6. The van der Waals surface area contributed by atoms with Gasteiger partial charge in [-0.25, -0.2) is 0 Å². The molecule has 0 aromatic carbocycles. The van der Waals surface area contributed by atoms with E-state index < -0.39 is 8.32 Å². The van der Waals surface area contributed by atoms with Gasteiger partial charge in [0, 0.05) is 0 Å². The number of ether oxygens (including phenoxy) is 1. The van der Waals surface area contributed by atoms with Crippen LogP contribution in [0.1, 0.15) is 34.1 Å². The van der Waals surface area contributed by atoms with Crippen molar-refractivity contribution >= 4 is 14.3 Å². The number of carbonyl (C=O) groups excluding carboxylic acids is 1. The van der Waals surface area contributed by atoms with E-state index in [0.717, 1.165) is 0 Å². The van der Waals surface area contributed by atoms with Crippen molar-refractivity contribution in [3.63, 3.8) is 0 Å². The predicted octanol–water partition coefficient (Wildman–Crippen LogP) is 2.96. The van der Waals surface area contributed by atoms with Crippen LogP contribution in [-0.4, -0.2) is 27.5 Å². The number of rotatable bonds is 4. The maximum atomic E-state index is 11.1. The lowest BCUT2D eigenvalue weighted by atomic mass is 10.2. The van der Waals surface area contributed by atoms with Crippen LogP contribution < -0.4 is 0 Å². The molecule has 0 rings (SSSR count). The van der Waals surface area contributed by atoms with Gasteiger partial charge in [-0.15, -0.1) is 0 Å². The highest BCUT2D eigenvalue weighted by Crippen LogP contribution is 2.37. The van der Waals surface area contributed by atoms with Crippen LogP contribution in [0.2, 0.25) is 18.1 Å². The van der Waals surface area contributed by atoms with Gasteiger partial charge in [-0.05, 0) is 25.1 Å². The monoisotopic (exact) mass is 232 g/mol. The van der Waals surface area contributed by atoms with Gasteiger partial charge in [-0.3, -0.25) is 4.79 Å². The van der Waals surface area contributed by atoms with Crippen LogP contribution in [0.25, 0.3) is 0 Å². The Kier molecular flexibility index (Phi) is 5.00. The Balaban J connectivity index is 4.28. The van der Waals surface area contributed by atoms with E-state index in [1.165, 1.54) is 7.11 Å². The van der Waals surface area contributed by atoms with Gasteiger partial charge in [0.2, 0.25) is 0 Å². The summed E-state index contributed by atoms with van der Waals surface area (Å²) < 4.78 is 10.6. The Morgan fingerprint density at radius 3 is 2.13 bits per heavy atom. The Morgan fingerprint density at radius 1 is 1.33 bits per heavy atom. The lowest BCUT2D eigenvalue weighted by Gasteiger charge is -2.38. The molecule has 0 aliphatic carbocycles. The van der Waals surface area contributed by atoms with Crippen LogP contribution in [0.15, 0.2) is 0 Å². The first-order valence-corrected chi connectivity index (χ1v) is 8.25. The number of esters is 1. The van der Waals surface area contributed by atoms with Gasteiger partial charge >= 0.3 is 5.97 Å². The Morgan fingerprint density at radius 2 is 1.80 bits per heavy atom. The highest BCUT2D eigenvalue weighted by molar-refractivity contribution is 6.74. The van der Waals surface area contributed by atoms with Crippen molar-refractivity contribution in [1.82, 2.24) is 0 Å². The average Bonchev–Trinajstić information content (AvgIpc) is 2.00. The normalized spacial score (nSPS) is 14.9. The van der Waals surface area contributed by atoms with Crippen molar-refractivity contribution in [1.29, 1.82) is 0 Å². The zero-order chi connectivity index (χ0) is 12.3. The van der Waals surface area contributed by atoms with Gasteiger partial charge in [0.05, 0.1) is 19.6 Å². The Labute approximate surface area is 94.3 Å². The maximum absolute atomic E-state index is 11.1. The van der Waals surface area contributed by atoms with E-state index in [4.69, 9.17) is 4.43 Å². The summed E-state index contributed by atoms with van der Waals surface area (Å²) in [4.78, 5) is 11.1. The molecule has 15 heavy (non-hydrogen) atoms. The summed E-state index contributed by atoms with van der Waals surface area (Å²) in [5.74, 6) is -0.207. The molecular weight excluding hydrogens is 208 g/mol. The Hall–Kier alpha value is -0.353. The largest absolute Gasteiger partial charge is 0.469 e. The minimum Gasteiger partial charge on any atom is -0.469 e. The van der Waals surface area contributed by atoms with E-state index in [2.05, 4.69) is 38.6 Å². The topological polar surface area (TPSA) is 35.5 Å². The molecule has 0 bridgehead atoms. The molecule has 0 spiro atoms. The summed E-state index contributed by atoms with van der Waals surface area (Å²) >= 11 is 0. The third-order valence-corrected chi connectivity index (χ3v) is 7.59. The molecule has 0 aliphatic heterocycles. The molecule has 0 N–H and O–H groups in total. The van der Waals surface area contributed by atoms with Gasteiger partial charge < -0.3 is 9.16 Å². The van der Waals surface area contributed by atoms with Gasteiger partial charge in [0.25, 0.3) is 0 Å². The van der Waals surface area contributed by atoms with Crippen LogP contribution in [-0.2, 0) is 14.0 Å². The molecule has 0 saturated carbocycles. The van der Waals surface area contributed by atoms with Gasteiger partial charge in [0.15, 0.2) is 8.32 Å². The molecule has 0 fully saturated rings. The second-order valence-corrected chi connectivity index (χ2v) is 10.2. The van der Waals surface area contributed by atoms with E-state index in [-0.39, 0.29) is 17.1 Å². The SMILES string of the molecule is COC(=O)C[C@H](C)O[Si](C)(C)C(C)(C)C. The highest BCUT2D eigenvalue weighted by Gasteiger charge is 2.38. The fourth-order valence-corrected chi connectivity index (χ4v) is 2.48. The standard InChI is InChI=1S/C11H24O3Si/c1-9(8-10(12)13-5)14-15(6,7)11(2,3)4/h9H,8H2,1-7H3/t9-/m0/s1. The van der Waals surface area contributed by atoms with Crippen LogP contribution >= 0.6 is 0 Å². The van der Waals surface area contributed by atoms with Crippen LogP contribution in [0.3, 0.4) is 0 Å². The molecule has 0 aromatic rings. The van der Waals surface area contributed by atoms with Gasteiger partial charge in [-0.2, -0.15) is 0 Å². The smallest absolute Gasteiger partial charge is 0.308 e. The highest BCUT2D eigenvalue weighted by atomic mass is 28.4. The molecule has 0 unspecified atom stereocenters. The number of hydrogen-bond acceptors (Lipinski definition) is 3. The van der Waals surface area contributed by atoms with Crippen molar-refractivity contribution in [2.75, 3.05) is 7.11 Å². The predicted molar refractivity (Wildman–Crippen MR) is 64.4 cm³/mol. The Bertz CT molecular complexity index is 218. The molecule has 0 saturated heterocycles. The summed E-state index contributed by atoms with van der Waals surface area (Å²) in [7, 11) is -0.351. The van der Waals surface area contributed by atoms with E-state index >= 15 is 0 Å². The molecule has 0 amide bonds. The number of methoxy groups -OCH3 is 1. The molecule has 4 heteroatoms. The first-order valence-electron chi connectivity index (χ1n) is 5.35. The zero-order valence-electron chi connectivity index (χ0n) is 11.0. The second-order valence-electron chi connectivity index (χ2n) is 5.47. The van der Waals surface area contributed by atoms with E-state index in [9.17, 15) is 4.79 Å². The molecule has 0 aliphatic rings. The second kappa shape index (κ2) is 5.12. The zero-order valence-corrected chi connectivity index (χ0v) is 12.0. The summed E-state index contributed by atoms with van der Waals surface area (Å²) in [6.07, 6.45) is 0.279. The quantitative estimate of drug-likeness (QED) is 0.552. The third kappa shape index (κ3) is 4.80. The van der Waals surface area contributed by atoms with Gasteiger partial charge in [0.1, 0.15) is 0 Å². The van der Waals surface area contributed by atoms with E-state index in [0.29, 0.717) is 6.42 Å². The number of hydrogen-bond donors (Lipinski definition) is 0. The molecule has 90 valence electrons. The summed E-state index contributed by atoms with van der Waals surface area (Å²) in [6, 6.07) is 0. The minimum atomic E-state index is -1.76. The fourth-order valence-electron chi connectivity index (χ4n) is 1.04. The van der Waals surface area contributed by atoms with Crippen molar-refractivity contribution in [2.45, 2.75) is 58.4 Å². The molecule has 0 aromatic heterocycles. The average molecular weight is 232 g/mol. The molecule has 0 heterocycles. The summed E-state index contributed by atoms with van der Waals surface area (Å²) in [6.45, 7) is 12.8. The lowest BCUT2D eigenvalue weighted by Crippen LogP contribution is -2.43. The van der Waals surface area contributed by atoms with Crippen LogP contribution in [0, 0.1) is 0 Å². The van der Waals surface area contributed by atoms with Crippen molar-refractivity contribution in [2.24, 2.45) is 0 Å². The molecule has 3 nitrogen and oxygen atoms in total. The minimum absolute atomic E-state index is 0.0571. The van der Waals surface area contributed by atoms with Crippen molar-refractivity contribution < 1.29 is 14.0 Å². The van der Waals surface area contributed by atoms with E-state index in [1.54, 1.807) is 0 Å².